The van der Waals surface area contributed by atoms with Gasteiger partial charge in [0.25, 0.3) is 0 Å². The van der Waals surface area contributed by atoms with E-state index in [0.717, 1.165) is 32.2 Å². The Labute approximate surface area is 130 Å². The van der Waals surface area contributed by atoms with Crippen LogP contribution in [0.4, 0.5) is 0 Å². The van der Waals surface area contributed by atoms with Crippen molar-refractivity contribution in [1.29, 1.82) is 0 Å². The molecule has 0 radical (unpaired) electrons. The highest BCUT2D eigenvalue weighted by molar-refractivity contribution is 5.69. The molecule has 4 nitrogen and oxygen atoms in total. The van der Waals surface area contributed by atoms with E-state index < -0.39 is 0 Å². The number of aliphatic hydroxyl groups is 1. The summed E-state index contributed by atoms with van der Waals surface area (Å²) < 4.78 is 5.23. The van der Waals surface area contributed by atoms with Gasteiger partial charge in [0, 0.05) is 13.0 Å². The summed E-state index contributed by atoms with van der Waals surface area (Å²) in [7, 11) is 0. The Kier molecular flexibility index (Phi) is 16.9. The largest absolute Gasteiger partial charge is 0.466 e. The smallest absolute Gasteiger partial charge is 0.305 e. The topological polar surface area (TPSA) is 58.6 Å². The molecule has 0 bridgehead atoms. The number of hydrogen-bond acceptors (Lipinski definition) is 4. The highest BCUT2D eigenvalue weighted by atomic mass is 16.5. The van der Waals surface area contributed by atoms with Crippen LogP contribution in [0.1, 0.15) is 77.6 Å². The molecule has 0 aliphatic heterocycles. The molecule has 0 spiro atoms. The van der Waals surface area contributed by atoms with Crippen LogP contribution >= 0.6 is 0 Å². The Morgan fingerprint density at radius 3 is 2.29 bits per heavy atom. The van der Waals surface area contributed by atoms with Gasteiger partial charge in [0.15, 0.2) is 0 Å². The predicted octanol–water partition coefficient (Wildman–Crippen LogP) is 3.42. The molecule has 0 saturated heterocycles. The first-order valence-corrected chi connectivity index (χ1v) is 8.78. The van der Waals surface area contributed by atoms with Gasteiger partial charge >= 0.3 is 5.97 Å². The second-order valence-corrected chi connectivity index (χ2v) is 5.63. The van der Waals surface area contributed by atoms with E-state index in [-0.39, 0.29) is 12.6 Å². The van der Waals surface area contributed by atoms with Crippen LogP contribution in [-0.2, 0) is 9.53 Å². The summed E-state index contributed by atoms with van der Waals surface area (Å²) in [6.07, 6.45) is 12.2. The molecule has 21 heavy (non-hydrogen) atoms. The molecule has 4 heteroatoms. The zero-order valence-corrected chi connectivity index (χ0v) is 13.9. The molecular weight excluding hydrogens is 266 g/mol. The quantitative estimate of drug-likeness (QED) is 0.339. The molecule has 0 aromatic rings. The number of hydrogen-bond donors (Lipinski definition) is 2. The lowest BCUT2D eigenvalue weighted by Crippen LogP contribution is -2.19. The van der Waals surface area contributed by atoms with Crippen molar-refractivity contribution in [3.63, 3.8) is 0 Å². The SMILES string of the molecule is CCCCCCCCCOC(=O)CCCCCNCCO. The lowest BCUT2D eigenvalue weighted by Gasteiger charge is -2.05. The van der Waals surface area contributed by atoms with Crippen LogP contribution in [-0.4, -0.2) is 37.4 Å². The molecule has 0 aliphatic carbocycles. The van der Waals surface area contributed by atoms with Gasteiger partial charge in [-0.25, -0.2) is 0 Å². The van der Waals surface area contributed by atoms with E-state index >= 15 is 0 Å². The number of esters is 1. The normalized spacial score (nSPS) is 10.8. The summed E-state index contributed by atoms with van der Waals surface area (Å²) >= 11 is 0. The molecule has 2 N–H and O–H groups in total. The van der Waals surface area contributed by atoms with Gasteiger partial charge in [-0.15, -0.1) is 0 Å². The van der Waals surface area contributed by atoms with Crippen LogP contribution in [0.5, 0.6) is 0 Å². The van der Waals surface area contributed by atoms with Gasteiger partial charge in [-0.3, -0.25) is 4.79 Å². The lowest BCUT2D eigenvalue weighted by molar-refractivity contribution is -0.143. The maximum absolute atomic E-state index is 11.5. The lowest BCUT2D eigenvalue weighted by atomic mass is 10.1. The monoisotopic (exact) mass is 301 g/mol. The zero-order chi connectivity index (χ0) is 15.6. The minimum absolute atomic E-state index is 0.0516. The fourth-order valence-electron chi connectivity index (χ4n) is 2.22. The second-order valence-electron chi connectivity index (χ2n) is 5.63. The Morgan fingerprint density at radius 1 is 0.905 bits per heavy atom. The van der Waals surface area contributed by atoms with Crippen LogP contribution in [0.2, 0.25) is 0 Å². The molecule has 0 aliphatic rings. The summed E-state index contributed by atoms with van der Waals surface area (Å²) in [5.41, 5.74) is 0. The molecule has 0 saturated carbocycles. The third-order valence-corrected chi connectivity index (χ3v) is 3.53. The highest BCUT2D eigenvalue weighted by Crippen LogP contribution is 2.07. The van der Waals surface area contributed by atoms with Gasteiger partial charge in [-0.1, -0.05) is 51.9 Å². The second kappa shape index (κ2) is 17.4. The van der Waals surface area contributed by atoms with E-state index in [2.05, 4.69) is 12.2 Å². The summed E-state index contributed by atoms with van der Waals surface area (Å²) in [6, 6.07) is 0. The number of nitrogens with one attached hydrogen (secondary N) is 1. The average molecular weight is 301 g/mol. The first-order valence-electron chi connectivity index (χ1n) is 8.78. The fourth-order valence-corrected chi connectivity index (χ4v) is 2.22. The molecule has 0 aromatic heterocycles. The minimum Gasteiger partial charge on any atom is -0.466 e. The first kappa shape index (κ1) is 20.4. The van der Waals surface area contributed by atoms with E-state index in [0.29, 0.717) is 19.6 Å². The van der Waals surface area contributed by atoms with Gasteiger partial charge in [0.1, 0.15) is 0 Å². The number of carbonyl (C=O) groups excluding carboxylic acids is 1. The maximum atomic E-state index is 11.5. The maximum Gasteiger partial charge on any atom is 0.305 e. The van der Waals surface area contributed by atoms with Crippen molar-refractivity contribution in [2.45, 2.75) is 77.6 Å². The van der Waals surface area contributed by atoms with E-state index in [1.165, 1.54) is 38.5 Å². The summed E-state index contributed by atoms with van der Waals surface area (Å²) in [6.45, 7) is 4.56. The Bertz CT molecular complexity index is 222. The van der Waals surface area contributed by atoms with E-state index in [1.54, 1.807) is 0 Å². The number of unbranched alkanes of at least 4 members (excludes halogenated alkanes) is 8. The third kappa shape index (κ3) is 17.3. The molecule has 0 amide bonds. The van der Waals surface area contributed by atoms with Crippen LogP contribution < -0.4 is 5.32 Å². The summed E-state index contributed by atoms with van der Waals surface area (Å²) in [4.78, 5) is 11.5. The molecule has 0 aromatic carbocycles. The van der Waals surface area contributed by atoms with Crippen molar-refractivity contribution in [3.05, 3.63) is 0 Å². The van der Waals surface area contributed by atoms with Crippen molar-refractivity contribution in [1.82, 2.24) is 5.32 Å². The van der Waals surface area contributed by atoms with Crippen molar-refractivity contribution >= 4 is 5.97 Å². The molecule has 0 atom stereocenters. The van der Waals surface area contributed by atoms with Crippen molar-refractivity contribution in [3.8, 4) is 0 Å². The molecule has 0 fully saturated rings. The molecule has 0 heterocycles. The van der Waals surface area contributed by atoms with Gasteiger partial charge in [0.05, 0.1) is 13.2 Å². The van der Waals surface area contributed by atoms with Gasteiger partial charge in [-0.2, -0.15) is 0 Å². The minimum atomic E-state index is -0.0516. The predicted molar refractivity (Wildman–Crippen MR) is 87.4 cm³/mol. The first-order chi connectivity index (χ1) is 10.3. The van der Waals surface area contributed by atoms with Crippen LogP contribution in [0.25, 0.3) is 0 Å². The van der Waals surface area contributed by atoms with Crippen molar-refractivity contribution in [2.24, 2.45) is 0 Å². The highest BCUT2D eigenvalue weighted by Gasteiger charge is 2.02. The number of rotatable bonds is 16. The van der Waals surface area contributed by atoms with Crippen LogP contribution in [0, 0.1) is 0 Å². The van der Waals surface area contributed by atoms with Crippen LogP contribution in [0.3, 0.4) is 0 Å². The number of carbonyl (C=O) groups is 1. The number of aliphatic hydroxyl groups excluding tert-OH is 1. The standard InChI is InChI=1S/C17H35NO3/c1-2-3-4-5-6-7-11-16-21-17(20)12-9-8-10-13-18-14-15-19/h18-19H,2-16H2,1H3. The van der Waals surface area contributed by atoms with E-state index in [9.17, 15) is 4.79 Å². The molecule has 0 unspecified atom stereocenters. The van der Waals surface area contributed by atoms with Gasteiger partial charge in [0.2, 0.25) is 0 Å². The Hall–Kier alpha value is -0.610. The number of ether oxygens (including phenoxy) is 1. The van der Waals surface area contributed by atoms with Crippen molar-refractivity contribution in [2.75, 3.05) is 26.3 Å². The van der Waals surface area contributed by atoms with Crippen LogP contribution in [0.15, 0.2) is 0 Å². The van der Waals surface area contributed by atoms with E-state index in [4.69, 9.17) is 9.84 Å². The van der Waals surface area contributed by atoms with Crippen molar-refractivity contribution < 1.29 is 14.6 Å². The fraction of sp³-hybridized carbons (Fsp3) is 0.941. The summed E-state index contributed by atoms with van der Waals surface area (Å²) in [5, 5.41) is 11.7. The molecule has 126 valence electrons. The van der Waals surface area contributed by atoms with Gasteiger partial charge < -0.3 is 15.2 Å². The van der Waals surface area contributed by atoms with Gasteiger partial charge in [-0.05, 0) is 25.8 Å². The zero-order valence-electron chi connectivity index (χ0n) is 13.9. The third-order valence-electron chi connectivity index (χ3n) is 3.53. The average Bonchev–Trinajstić information content (AvgIpc) is 2.49. The Morgan fingerprint density at radius 2 is 1.57 bits per heavy atom. The Balaban J connectivity index is 3.13. The van der Waals surface area contributed by atoms with E-state index in [1.807, 2.05) is 0 Å². The molecule has 0 rings (SSSR count). The summed E-state index contributed by atoms with van der Waals surface area (Å²) in [5.74, 6) is -0.0516. The molecular formula is C17H35NO3.